The molecule has 0 bridgehead atoms. The number of benzene rings is 2. The molecule has 3 rings (SSSR count). The number of hydrogen-bond acceptors (Lipinski definition) is 6. The molecule has 1 unspecified atom stereocenters. The van der Waals surface area contributed by atoms with Gasteiger partial charge in [0.25, 0.3) is 5.56 Å². The molecule has 0 fully saturated rings. The summed E-state index contributed by atoms with van der Waals surface area (Å²) in [5.41, 5.74) is 12.7. The number of nitrogens with two attached hydrogens (primary N) is 3. The van der Waals surface area contributed by atoms with Crippen LogP contribution in [0.5, 0.6) is 0 Å². The topological polar surface area (TPSA) is 133 Å². The average molecular weight is 459 g/mol. The lowest BCUT2D eigenvalue weighted by atomic mass is 10.1. The zero-order valence-corrected chi connectivity index (χ0v) is 17.8. The predicted octanol–water partition coefficient (Wildman–Crippen LogP) is 2.51. The Kier molecular flexibility index (Phi) is 6.96. The number of amides is 1. The van der Waals surface area contributed by atoms with E-state index in [1.165, 1.54) is 28.2 Å². The lowest BCUT2D eigenvalue weighted by Crippen LogP contribution is -2.35. The fourth-order valence-electron chi connectivity index (χ4n) is 3.11. The maximum atomic E-state index is 12.9. The number of halogens is 2. The minimum absolute atomic E-state index is 0.0306. The largest absolute Gasteiger partial charge is 0.388 e. The second kappa shape index (κ2) is 9.65. The molecular formula is C21H20Cl2N6O2. The molecule has 1 amide bonds. The highest BCUT2D eigenvalue weighted by atomic mass is 35.5. The van der Waals surface area contributed by atoms with Crippen LogP contribution in [-0.2, 0) is 11.2 Å². The Morgan fingerprint density at radius 1 is 1.16 bits per heavy atom. The van der Waals surface area contributed by atoms with Gasteiger partial charge in [-0.05, 0) is 23.8 Å². The minimum atomic E-state index is -0.889. The van der Waals surface area contributed by atoms with Crippen LogP contribution in [0.2, 0.25) is 5.02 Å². The number of carbonyl (C=O) groups is 1. The molecule has 1 heterocycles. The molecule has 3 aromatic rings. The van der Waals surface area contributed by atoms with Crippen LogP contribution in [0, 0.1) is 0 Å². The first-order chi connectivity index (χ1) is 14.8. The number of rotatable bonds is 7. The van der Waals surface area contributed by atoms with Gasteiger partial charge in [0.05, 0.1) is 23.9 Å². The van der Waals surface area contributed by atoms with Crippen molar-refractivity contribution in [2.75, 3.05) is 5.01 Å². The van der Waals surface area contributed by atoms with Gasteiger partial charge in [0, 0.05) is 23.1 Å². The summed E-state index contributed by atoms with van der Waals surface area (Å²) in [5.74, 6) is 5.36. The van der Waals surface area contributed by atoms with Crippen molar-refractivity contribution >= 4 is 34.8 Å². The average Bonchev–Trinajstić information content (AvgIpc) is 2.72. The van der Waals surface area contributed by atoms with E-state index in [1.807, 2.05) is 30.3 Å². The summed E-state index contributed by atoms with van der Waals surface area (Å²) in [7, 11) is 0. The van der Waals surface area contributed by atoms with E-state index in [4.69, 9.17) is 40.5 Å². The first-order valence-corrected chi connectivity index (χ1v) is 9.90. The standard InChI is InChI=1S/C21H20Cl2N6O2/c22-14-6-7-17(29(26)11-19(23)24)15(9-14)16-10-20(30)28(12-27-16)18(21(25)31)8-13-4-2-1-3-5-13/h1-7,9-12,18H,8,24,26H2,(H2,25,31)/b19-11-. The lowest BCUT2D eigenvalue weighted by Gasteiger charge is -2.19. The summed E-state index contributed by atoms with van der Waals surface area (Å²) < 4.78 is 1.21. The molecular weight excluding hydrogens is 439 g/mol. The molecule has 10 heteroatoms. The zero-order valence-electron chi connectivity index (χ0n) is 16.3. The molecule has 0 aliphatic rings. The van der Waals surface area contributed by atoms with Crippen molar-refractivity contribution in [2.45, 2.75) is 12.5 Å². The third-order valence-corrected chi connectivity index (χ3v) is 4.88. The molecule has 8 nitrogen and oxygen atoms in total. The zero-order chi connectivity index (χ0) is 22.5. The molecule has 0 saturated heterocycles. The van der Waals surface area contributed by atoms with Crippen LogP contribution in [0.15, 0.2) is 77.1 Å². The molecule has 0 aliphatic carbocycles. The Hall–Kier alpha value is -3.33. The van der Waals surface area contributed by atoms with E-state index in [0.29, 0.717) is 22.0 Å². The molecule has 1 atom stereocenters. The van der Waals surface area contributed by atoms with Gasteiger partial charge in [0.1, 0.15) is 11.2 Å². The highest BCUT2D eigenvalue weighted by Gasteiger charge is 2.21. The van der Waals surface area contributed by atoms with E-state index in [0.717, 1.165) is 5.56 Å². The Balaban J connectivity index is 2.03. The number of aromatic nitrogens is 2. The van der Waals surface area contributed by atoms with E-state index >= 15 is 0 Å². The molecule has 1 aromatic heterocycles. The van der Waals surface area contributed by atoms with Crippen molar-refractivity contribution in [3.63, 3.8) is 0 Å². The molecule has 0 spiro atoms. The number of hydrogen-bond donors (Lipinski definition) is 3. The second-order valence-electron chi connectivity index (χ2n) is 6.71. The first kappa shape index (κ1) is 22.4. The van der Waals surface area contributed by atoms with E-state index < -0.39 is 17.5 Å². The Bertz CT molecular complexity index is 1180. The Morgan fingerprint density at radius 3 is 2.48 bits per heavy atom. The molecule has 160 valence electrons. The van der Waals surface area contributed by atoms with Crippen molar-refractivity contribution in [1.29, 1.82) is 0 Å². The highest BCUT2D eigenvalue weighted by Crippen LogP contribution is 2.31. The van der Waals surface area contributed by atoms with Crippen LogP contribution in [0.1, 0.15) is 11.6 Å². The van der Waals surface area contributed by atoms with Gasteiger partial charge in [0.15, 0.2) is 0 Å². The van der Waals surface area contributed by atoms with Crippen LogP contribution >= 0.6 is 23.2 Å². The molecule has 2 aromatic carbocycles. The van der Waals surface area contributed by atoms with Gasteiger partial charge in [0.2, 0.25) is 5.91 Å². The maximum absolute atomic E-state index is 12.9. The van der Waals surface area contributed by atoms with Crippen LogP contribution in [0.25, 0.3) is 11.3 Å². The van der Waals surface area contributed by atoms with Gasteiger partial charge in [-0.1, -0.05) is 53.5 Å². The van der Waals surface area contributed by atoms with Gasteiger partial charge in [-0.2, -0.15) is 0 Å². The van der Waals surface area contributed by atoms with E-state index in [2.05, 4.69) is 4.98 Å². The van der Waals surface area contributed by atoms with Crippen LogP contribution in [0.3, 0.4) is 0 Å². The van der Waals surface area contributed by atoms with Gasteiger partial charge >= 0.3 is 0 Å². The third kappa shape index (κ3) is 5.43. The summed E-state index contributed by atoms with van der Waals surface area (Å²) in [6, 6.07) is 14.5. The lowest BCUT2D eigenvalue weighted by molar-refractivity contribution is -0.121. The summed E-state index contributed by atoms with van der Waals surface area (Å²) in [4.78, 5) is 29.3. The van der Waals surface area contributed by atoms with Crippen LogP contribution < -0.4 is 27.9 Å². The molecule has 6 N–H and O–H groups in total. The van der Waals surface area contributed by atoms with Gasteiger partial charge in [-0.25, -0.2) is 10.8 Å². The quantitative estimate of drug-likeness (QED) is 0.283. The highest BCUT2D eigenvalue weighted by molar-refractivity contribution is 6.31. The maximum Gasteiger partial charge on any atom is 0.254 e. The van der Waals surface area contributed by atoms with Crippen molar-refractivity contribution in [2.24, 2.45) is 17.3 Å². The normalized spacial score (nSPS) is 12.4. The second-order valence-corrected chi connectivity index (χ2v) is 7.58. The van der Waals surface area contributed by atoms with E-state index in [9.17, 15) is 9.59 Å². The van der Waals surface area contributed by atoms with E-state index in [1.54, 1.807) is 18.2 Å². The number of hydrazine groups is 1. The fourth-order valence-corrected chi connectivity index (χ4v) is 3.38. The summed E-state index contributed by atoms with van der Waals surface area (Å²) in [6.07, 6.45) is 2.85. The van der Waals surface area contributed by atoms with Crippen molar-refractivity contribution < 1.29 is 4.79 Å². The Morgan fingerprint density at radius 2 is 1.87 bits per heavy atom. The monoisotopic (exact) mass is 458 g/mol. The number of anilines is 1. The number of primary amides is 1. The van der Waals surface area contributed by atoms with Gasteiger partial charge in [-0.3, -0.25) is 19.2 Å². The third-order valence-electron chi connectivity index (χ3n) is 4.55. The summed E-state index contributed by atoms with van der Waals surface area (Å²) in [5, 5.41) is 1.58. The molecule has 0 radical (unpaired) electrons. The number of nitrogens with zero attached hydrogens (tertiary/aromatic N) is 3. The van der Waals surface area contributed by atoms with Crippen molar-refractivity contribution in [1.82, 2.24) is 9.55 Å². The SMILES string of the molecule is NC(=O)C(Cc1ccccc1)n1cnc(-c2cc(Cl)ccc2N(N)/C=C(\N)Cl)cc1=O. The van der Waals surface area contributed by atoms with Crippen molar-refractivity contribution in [3.05, 3.63) is 93.2 Å². The first-order valence-electron chi connectivity index (χ1n) is 9.14. The molecule has 31 heavy (non-hydrogen) atoms. The smallest absolute Gasteiger partial charge is 0.254 e. The number of carbonyl (C=O) groups excluding carboxylic acids is 1. The minimum Gasteiger partial charge on any atom is -0.388 e. The molecule has 0 saturated carbocycles. The predicted molar refractivity (Wildman–Crippen MR) is 122 cm³/mol. The summed E-state index contributed by atoms with van der Waals surface area (Å²) in [6.45, 7) is 0. The van der Waals surface area contributed by atoms with Gasteiger partial charge < -0.3 is 11.5 Å². The summed E-state index contributed by atoms with van der Waals surface area (Å²) >= 11 is 11.8. The Labute approximate surface area is 188 Å². The van der Waals surface area contributed by atoms with Crippen LogP contribution in [-0.4, -0.2) is 15.5 Å². The molecule has 0 aliphatic heterocycles. The van der Waals surface area contributed by atoms with Crippen molar-refractivity contribution in [3.8, 4) is 11.3 Å². The van der Waals surface area contributed by atoms with Gasteiger partial charge in [-0.15, -0.1) is 0 Å². The fraction of sp³-hybridized carbons (Fsp3) is 0.0952. The van der Waals surface area contributed by atoms with E-state index in [-0.39, 0.29) is 11.6 Å². The van der Waals surface area contributed by atoms with Crippen LogP contribution in [0.4, 0.5) is 5.69 Å².